The topological polar surface area (TPSA) is 28.7 Å². The number of H-pyrrole nitrogens is 1. The van der Waals surface area contributed by atoms with Gasteiger partial charge in [0.2, 0.25) is 0 Å². The van der Waals surface area contributed by atoms with E-state index in [9.17, 15) is 13.2 Å². The van der Waals surface area contributed by atoms with Gasteiger partial charge in [0.1, 0.15) is 10.5 Å². The Balaban J connectivity index is 3.09. The number of hydrogen-bond acceptors (Lipinski definition) is 1. The average molecular weight is 256 g/mol. The molecule has 0 aliphatic rings. The second kappa shape index (κ2) is 3.32. The lowest BCUT2D eigenvalue weighted by Crippen LogP contribution is -2.35. The Morgan fingerprint density at radius 2 is 2.23 bits per heavy atom. The molecule has 0 bridgehead atoms. The van der Waals surface area contributed by atoms with Crippen LogP contribution in [0.2, 0.25) is 0 Å². The monoisotopic (exact) mass is 255 g/mol. The Labute approximate surface area is 81.7 Å². The summed E-state index contributed by atoms with van der Waals surface area (Å²) in [5, 5.41) is 5.68. The Bertz CT molecular complexity index is 270. The molecule has 0 saturated carbocycles. The lowest BCUT2D eigenvalue weighted by Gasteiger charge is -2.27. The molecule has 13 heavy (non-hydrogen) atoms. The molecule has 1 aromatic rings. The van der Waals surface area contributed by atoms with Crippen LogP contribution in [0, 0.1) is 6.20 Å². The fraction of sp³-hybridized carbons (Fsp3) is 0.571. The highest BCUT2D eigenvalue weighted by molar-refractivity contribution is 9.09. The maximum absolute atomic E-state index is 12.6. The van der Waals surface area contributed by atoms with E-state index in [4.69, 9.17) is 0 Å². The van der Waals surface area contributed by atoms with E-state index in [-0.39, 0.29) is 12.0 Å². The van der Waals surface area contributed by atoms with Gasteiger partial charge in [-0.1, -0.05) is 22.9 Å². The molecule has 0 spiro atoms. The standard InChI is InChI=1S/C7H7BrF3N2/c1-2-6(8,7(9,10)11)5-3-12-13-4-5/h3H,2H2,1H3,(H,12,13). The summed E-state index contributed by atoms with van der Waals surface area (Å²) in [6, 6.07) is 0. The highest BCUT2D eigenvalue weighted by atomic mass is 79.9. The van der Waals surface area contributed by atoms with Crippen molar-refractivity contribution in [3.05, 3.63) is 18.0 Å². The fourth-order valence-corrected chi connectivity index (χ4v) is 1.17. The van der Waals surface area contributed by atoms with Gasteiger partial charge >= 0.3 is 6.18 Å². The van der Waals surface area contributed by atoms with Crippen LogP contribution in [0.1, 0.15) is 18.9 Å². The number of aromatic nitrogens is 2. The minimum atomic E-state index is -4.35. The van der Waals surface area contributed by atoms with Crippen molar-refractivity contribution < 1.29 is 13.2 Å². The fourth-order valence-electron chi connectivity index (χ4n) is 0.968. The number of halogens is 4. The molecule has 0 amide bonds. The second-order valence-electron chi connectivity index (χ2n) is 2.56. The molecule has 2 nitrogen and oxygen atoms in total. The van der Waals surface area contributed by atoms with Crippen LogP contribution >= 0.6 is 15.9 Å². The van der Waals surface area contributed by atoms with Crippen molar-refractivity contribution in [3.8, 4) is 0 Å². The maximum atomic E-state index is 12.6. The Kier molecular flexibility index (Phi) is 2.70. The third-order valence-electron chi connectivity index (χ3n) is 1.81. The van der Waals surface area contributed by atoms with Crippen molar-refractivity contribution in [2.75, 3.05) is 0 Å². The molecule has 1 radical (unpaired) electrons. The Morgan fingerprint density at radius 1 is 1.62 bits per heavy atom. The number of nitrogens with zero attached hydrogens (tertiary/aromatic N) is 1. The van der Waals surface area contributed by atoms with Gasteiger partial charge < -0.3 is 0 Å². The SMILES string of the molecule is CCC(Br)(c1[c]n[nH]c1)C(F)(F)F. The molecule has 0 fully saturated rings. The molecule has 73 valence electrons. The largest absolute Gasteiger partial charge is 0.408 e. The zero-order chi connectivity index (χ0) is 10.1. The summed E-state index contributed by atoms with van der Waals surface area (Å²) in [5.74, 6) is 0. The molecular weight excluding hydrogens is 249 g/mol. The van der Waals surface area contributed by atoms with Crippen molar-refractivity contribution >= 4 is 15.9 Å². The maximum Gasteiger partial charge on any atom is 0.408 e. The Hall–Kier alpha value is -0.520. The number of hydrogen-bond donors (Lipinski definition) is 1. The number of rotatable bonds is 2. The summed E-state index contributed by atoms with van der Waals surface area (Å²) in [7, 11) is 0. The van der Waals surface area contributed by atoms with Gasteiger partial charge in [0.15, 0.2) is 0 Å². The smallest absolute Gasteiger partial charge is 0.285 e. The molecule has 1 rings (SSSR count). The van der Waals surface area contributed by atoms with Crippen LogP contribution < -0.4 is 0 Å². The molecule has 0 aliphatic heterocycles. The first kappa shape index (κ1) is 10.6. The molecule has 0 aromatic carbocycles. The van der Waals surface area contributed by atoms with Gasteiger partial charge in [-0.15, -0.1) is 0 Å². The van der Waals surface area contributed by atoms with Crippen LogP contribution in [-0.2, 0) is 4.32 Å². The summed E-state index contributed by atoms with van der Waals surface area (Å²) in [5.41, 5.74) is -0.0255. The number of nitrogens with one attached hydrogen (secondary N) is 1. The first-order chi connectivity index (χ1) is 5.92. The van der Waals surface area contributed by atoms with Gasteiger partial charge in [0, 0.05) is 11.8 Å². The predicted octanol–water partition coefficient (Wildman–Crippen LogP) is 2.77. The molecule has 1 atom stereocenters. The van der Waals surface area contributed by atoms with E-state index in [1.807, 2.05) is 0 Å². The summed E-state index contributed by atoms with van der Waals surface area (Å²) in [4.78, 5) is 0. The van der Waals surface area contributed by atoms with E-state index < -0.39 is 10.5 Å². The van der Waals surface area contributed by atoms with Crippen LogP contribution in [0.5, 0.6) is 0 Å². The minimum absolute atomic E-state index is 0.0255. The molecular formula is C7H7BrF3N2. The van der Waals surface area contributed by atoms with Crippen LogP contribution in [-0.4, -0.2) is 16.4 Å². The van der Waals surface area contributed by atoms with Crippen LogP contribution in [0.3, 0.4) is 0 Å². The Morgan fingerprint density at radius 3 is 2.54 bits per heavy atom. The lowest BCUT2D eigenvalue weighted by molar-refractivity contribution is -0.160. The van der Waals surface area contributed by atoms with E-state index in [1.54, 1.807) is 0 Å². The first-order valence-electron chi connectivity index (χ1n) is 3.59. The third-order valence-corrected chi connectivity index (χ3v) is 3.25. The number of alkyl halides is 4. The van der Waals surface area contributed by atoms with Crippen LogP contribution in [0.15, 0.2) is 6.20 Å². The summed E-state index contributed by atoms with van der Waals surface area (Å²) >= 11 is 2.68. The summed E-state index contributed by atoms with van der Waals surface area (Å²) in [6.07, 6.45) is -1.00. The highest BCUT2D eigenvalue weighted by Crippen LogP contribution is 2.48. The zero-order valence-corrected chi connectivity index (χ0v) is 8.33. The average Bonchev–Trinajstić information content (AvgIpc) is 2.52. The van der Waals surface area contributed by atoms with Crippen molar-refractivity contribution in [2.45, 2.75) is 23.8 Å². The van der Waals surface area contributed by atoms with Gasteiger partial charge in [-0.05, 0) is 6.42 Å². The van der Waals surface area contributed by atoms with E-state index in [1.165, 1.54) is 13.1 Å². The normalized spacial score (nSPS) is 17.0. The van der Waals surface area contributed by atoms with Gasteiger partial charge in [0.05, 0.1) is 0 Å². The van der Waals surface area contributed by atoms with Crippen molar-refractivity contribution in [3.63, 3.8) is 0 Å². The van der Waals surface area contributed by atoms with E-state index >= 15 is 0 Å². The van der Waals surface area contributed by atoms with Gasteiger partial charge in [-0.2, -0.15) is 18.3 Å². The highest BCUT2D eigenvalue weighted by Gasteiger charge is 2.53. The van der Waals surface area contributed by atoms with Gasteiger partial charge in [-0.25, -0.2) is 0 Å². The van der Waals surface area contributed by atoms with Crippen molar-refractivity contribution in [1.29, 1.82) is 0 Å². The molecule has 0 aliphatic carbocycles. The van der Waals surface area contributed by atoms with Gasteiger partial charge in [0.25, 0.3) is 0 Å². The van der Waals surface area contributed by atoms with E-state index in [0.29, 0.717) is 0 Å². The molecule has 1 unspecified atom stereocenters. The molecule has 0 saturated heterocycles. The number of aromatic amines is 1. The third kappa shape index (κ3) is 1.72. The minimum Gasteiger partial charge on any atom is -0.285 e. The quantitative estimate of drug-likeness (QED) is 0.810. The molecule has 6 heteroatoms. The van der Waals surface area contributed by atoms with Crippen molar-refractivity contribution in [2.24, 2.45) is 0 Å². The lowest BCUT2D eigenvalue weighted by atomic mass is 9.99. The summed E-state index contributed by atoms with van der Waals surface area (Å²) in [6.45, 7) is 1.45. The summed E-state index contributed by atoms with van der Waals surface area (Å²) < 4.78 is 35.6. The molecule has 1 heterocycles. The first-order valence-corrected chi connectivity index (χ1v) is 4.38. The zero-order valence-electron chi connectivity index (χ0n) is 6.74. The van der Waals surface area contributed by atoms with Gasteiger partial charge in [-0.3, -0.25) is 5.10 Å². The van der Waals surface area contributed by atoms with E-state index in [0.717, 1.165) is 0 Å². The van der Waals surface area contributed by atoms with E-state index in [2.05, 4.69) is 32.3 Å². The van der Waals surface area contributed by atoms with Crippen LogP contribution in [0.4, 0.5) is 13.2 Å². The van der Waals surface area contributed by atoms with Crippen LogP contribution in [0.25, 0.3) is 0 Å². The predicted molar refractivity (Wildman–Crippen MR) is 44.4 cm³/mol. The second-order valence-corrected chi connectivity index (χ2v) is 3.92. The van der Waals surface area contributed by atoms with Crippen molar-refractivity contribution in [1.82, 2.24) is 10.2 Å². The molecule has 1 N–H and O–H groups in total. The molecule has 1 aromatic heterocycles.